The summed E-state index contributed by atoms with van der Waals surface area (Å²) < 4.78 is 5.66. The number of carbonyl (C=O) groups excluding carboxylic acids is 1. The number of aryl methyl sites for hydroxylation is 2. The fourth-order valence-electron chi connectivity index (χ4n) is 2.86. The van der Waals surface area contributed by atoms with Gasteiger partial charge in [0.1, 0.15) is 5.75 Å². The van der Waals surface area contributed by atoms with E-state index in [1.54, 1.807) is 11.9 Å². The number of fused-ring (bicyclic) bond motifs is 1. The smallest absolute Gasteiger partial charge is 0.260 e. The standard InChI is InChI=1S/C19H20ClNO2/c1-21(12-16-5-2-3-8-18(16)20)19(22)13-23-17-10-9-14-6-4-7-15(14)11-17/h2-3,5,8-11H,4,6-7,12-13H2,1H3. The first-order valence-electron chi connectivity index (χ1n) is 7.85. The summed E-state index contributed by atoms with van der Waals surface area (Å²) in [6.07, 6.45) is 3.46. The Morgan fingerprint density at radius 3 is 2.78 bits per heavy atom. The summed E-state index contributed by atoms with van der Waals surface area (Å²) in [6.45, 7) is 0.520. The molecule has 4 heteroatoms. The number of nitrogens with zero attached hydrogens (tertiary/aromatic N) is 1. The molecule has 0 unspecified atom stereocenters. The zero-order valence-electron chi connectivity index (χ0n) is 13.2. The lowest BCUT2D eigenvalue weighted by molar-refractivity contribution is -0.132. The van der Waals surface area contributed by atoms with Crippen LogP contribution in [0.4, 0.5) is 0 Å². The molecule has 1 aliphatic rings. The lowest BCUT2D eigenvalue weighted by Crippen LogP contribution is -2.31. The topological polar surface area (TPSA) is 29.5 Å². The molecule has 0 bridgehead atoms. The molecule has 0 heterocycles. The molecular formula is C19H20ClNO2. The third-order valence-electron chi connectivity index (χ3n) is 4.22. The Bertz CT molecular complexity index is 714. The molecule has 0 saturated heterocycles. The normalized spacial score (nSPS) is 12.8. The van der Waals surface area contributed by atoms with Crippen molar-refractivity contribution in [2.45, 2.75) is 25.8 Å². The fourth-order valence-corrected chi connectivity index (χ4v) is 3.06. The molecule has 0 fully saturated rings. The predicted octanol–water partition coefficient (Wildman–Crippen LogP) is 3.87. The lowest BCUT2D eigenvalue weighted by Gasteiger charge is -2.18. The van der Waals surface area contributed by atoms with E-state index in [4.69, 9.17) is 16.3 Å². The summed E-state index contributed by atoms with van der Waals surface area (Å²) in [5.41, 5.74) is 3.68. The third-order valence-corrected chi connectivity index (χ3v) is 4.59. The van der Waals surface area contributed by atoms with E-state index in [1.807, 2.05) is 30.3 Å². The van der Waals surface area contributed by atoms with E-state index in [0.717, 1.165) is 24.2 Å². The largest absolute Gasteiger partial charge is 0.484 e. The molecule has 0 radical (unpaired) electrons. The van der Waals surface area contributed by atoms with Gasteiger partial charge in [-0.2, -0.15) is 0 Å². The maximum absolute atomic E-state index is 12.2. The van der Waals surface area contributed by atoms with Gasteiger partial charge in [-0.1, -0.05) is 35.9 Å². The first kappa shape index (κ1) is 15.9. The number of rotatable bonds is 5. The van der Waals surface area contributed by atoms with E-state index in [1.165, 1.54) is 17.5 Å². The van der Waals surface area contributed by atoms with Gasteiger partial charge >= 0.3 is 0 Å². The van der Waals surface area contributed by atoms with E-state index < -0.39 is 0 Å². The molecule has 0 aliphatic heterocycles. The van der Waals surface area contributed by atoms with Crippen molar-refractivity contribution in [2.75, 3.05) is 13.7 Å². The molecule has 0 atom stereocenters. The highest BCUT2D eigenvalue weighted by atomic mass is 35.5. The SMILES string of the molecule is CN(Cc1ccccc1Cl)C(=O)COc1ccc2c(c1)CCC2. The van der Waals surface area contributed by atoms with E-state index in [-0.39, 0.29) is 12.5 Å². The molecule has 2 aromatic carbocycles. The predicted molar refractivity (Wildman–Crippen MR) is 91.9 cm³/mol. The molecule has 3 nitrogen and oxygen atoms in total. The molecule has 120 valence electrons. The number of hydrogen-bond acceptors (Lipinski definition) is 2. The Morgan fingerprint density at radius 1 is 1.17 bits per heavy atom. The highest BCUT2D eigenvalue weighted by molar-refractivity contribution is 6.31. The number of hydrogen-bond donors (Lipinski definition) is 0. The molecule has 1 amide bonds. The molecule has 0 aromatic heterocycles. The Balaban J connectivity index is 1.55. The second kappa shape index (κ2) is 7.05. The monoisotopic (exact) mass is 329 g/mol. The number of ether oxygens (including phenoxy) is 1. The van der Waals surface area contributed by atoms with Gasteiger partial charge in [0, 0.05) is 18.6 Å². The number of amides is 1. The Hall–Kier alpha value is -2.00. The first-order valence-corrected chi connectivity index (χ1v) is 8.23. The highest BCUT2D eigenvalue weighted by Crippen LogP contribution is 2.26. The van der Waals surface area contributed by atoms with E-state index in [0.29, 0.717) is 11.6 Å². The van der Waals surface area contributed by atoms with Gasteiger partial charge in [0.25, 0.3) is 5.91 Å². The van der Waals surface area contributed by atoms with Crippen LogP contribution < -0.4 is 4.74 Å². The van der Waals surface area contributed by atoms with Crippen LogP contribution in [0.25, 0.3) is 0 Å². The summed E-state index contributed by atoms with van der Waals surface area (Å²) in [7, 11) is 1.76. The van der Waals surface area contributed by atoms with Crippen LogP contribution in [0.5, 0.6) is 5.75 Å². The van der Waals surface area contributed by atoms with Gasteiger partial charge in [-0.3, -0.25) is 4.79 Å². The summed E-state index contributed by atoms with van der Waals surface area (Å²) in [5.74, 6) is 0.704. The lowest BCUT2D eigenvalue weighted by atomic mass is 10.1. The van der Waals surface area contributed by atoms with Crippen LogP contribution in [-0.2, 0) is 24.2 Å². The molecule has 1 aliphatic carbocycles. The maximum Gasteiger partial charge on any atom is 0.260 e. The second-order valence-corrected chi connectivity index (χ2v) is 6.32. The van der Waals surface area contributed by atoms with Crippen molar-refractivity contribution < 1.29 is 9.53 Å². The summed E-state index contributed by atoms with van der Waals surface area (Å²) >= 11 is 6.13. The van der Waals surface area contributed by atoms with Crippen LogP contribution in [0.15, 0.2) is 42.5 Å². The van der Waals surface area contributed by atoms with Gasteiger partial charge in [0.15, 0.2) is 6.61 Å². The first-order chi connectivity index (χ1) is 11.1. The van der Waals surface area contributed by atoms with Gasteiger partial charge in [-0.25, -0.2) is 0 Å². The average Bonchev–Trinajstić information content (AvgIpc) is 3.02. The maximum atomic E-state index is 12.2. The zero-order chi connectivity index (χ0) is 16.2. The molecule has 0 spiro atoms. The van der Waals surface area contributed by atoms with E-state index in [9.17, 15) is 4.79 Å². The summed E-state index contributed by atoms with van der Waals surface area (Å²) in [4.78, 5) is 13.9. The van der Waals surface area contributed by atoms with E-state index >= 15 is 0 Å². The molecule has 2 aromatic rings. The minimum absolute atomic E-state index is 0.0414. The van der Waals surface area contributed by atoms with Crippen molar-refractivity contribution in [3.05, 3.63) is 64.2 Å². The van der Waals surface area contributed by atoms with Gasteiger partial charge < -0.3 is 9.64 Å². The van der Waals surface area contributed by atoms with Gasteiger partial charge in [0.05, 0.1) is 0 Å². The van der Waals surface area contributed by atoms with Crippen LogP contribution in [0.1, 0.15) is 23.1 Å². The van der Waals surface area contributed by atoms with Crippen LogP contribution in [0.3, 0.4) is 0 Å². The number of halogens is 1. The van der Waals surface area contributed by atoms with Gasteiger partial charge in [-0.05, 0) is 54.2 Å². The van der Waals surface area contributed by atoms with Crippen molar-refractivity contribution in [3.63, 3.8) is 0 Å². The second-order valence-electron chi connectivity index (χ2n) is 5.91. The van der Waals surface area contributed by atoms with Crippen LogP contribution in [0.2, 0.25) is 5.02 Å². The Morgan fingerprint density at radius 2 is 1.96 bits per heavy atom. The molecule has 23 heavy (non-hydrogen) atoms. The van der Waals surface area contributed by atoms with Crippen molar-refractivity contribution in [3.8, 4) is 5.75 Å². The third kappa shape index (κ3) is 3.85. The Labute approximate surface area is 141 Å². The average molecular weight is 330 g/mol. The minimum Gasteiger partial charge on any atom is -0.484 e. The Kier molecular flexibility index (Phi) is 4.87. The molecule has 0 N–H and O–H groups in total. The van der Waals surface area contributed by atoms with Crippen LogP contribution in [0, 0.1) is 0 Å². The van der Waals surface area contributed by atoms with E-state index in [2.05, 4.69) is 12.1 Å². The van der Waals surface area contributed by atoms with Crippen molar-refractivity contribution in [2.24, 2.45) is 0 Å². The summed E-state index contributed by atoms with van der Waals surface area (Å²) in [5, 5.41) is 0.673. The number of benzene rings is 2. The van der Waals surface area contributed by atoms with Crippen LogP contribution in [-0.4, -0.2) is 24.5 Å². The molecular weight excluding hydrogens is 310 g/mol. The van der Waals surface area contributed by atoms with Crippen LogP contribution >= 0.6 is 11.6 Å². The fraction of sp³-hybridized carbons (Fsp3) is 0.316. The highest BCUT2D eigenvalue weighted by Gasteiger charge is 2.14. The zero-order valence-corrected chi connectivity index (χ0v) is 14.0. The minimum atomic E-state index is -0.0644. The summed E-state index contributed by atoms with van der Waals surface area (Å²) in [6, 6.07) is 13.7. The van der Waals surface area contributed by atoms with Crippen molar-refractivity contribution in [1.82, 2.24) is 4.90 Å². The van der Waals surface area contributed by atoms with Gasteiger partial charge in [0.2, 0.25) is 0 Å². The molecule has 0 saturated carbocycles. The molecule has 3 rings (SSSR count). The van der Waals surface area contributed by atoms with Crippen molar-refractivity contribution in [1.29, 1.82) is 0 Å². The van der Waals surface area contributed by atoms with Gasteiger partial charge in [-0.15, -0.1) is 0 Å². The quantitative estimate of drug-likeness (QED) is 0.833. The number of carbonyl (C=O) groups is 1. The number of likely N-dealkylation sites (N-methyl/N-ethyl adjacent to an activating group) is 1. The van der Waals surface area contributed by atoms with Crippen molar-refractivity contribution >= 4 is 17.5 Å².